The van der Waals surface area contributed by atoms with Crippen molar-refractivity contribution in [2.75, 3.05) is 11.2 Å². The van der Waals surface area contributed by atoms with Gasteiger partial charge in [-0.3, -0.25) is 0 Å². The summed E-state index contributed by atoms with van der Waals surface area (Å²) in [6.45, 7) is 0. The lowest BCUT2D eigenvalue weighted by Gasteiger charge is -1.79. The predicted octanol–water partition coefficient (Wildman–Crippen LogP) is 0.214. The number of hydrogen-bond acceptors (Lipinski definition) is 6. The lowest BCUT2D eigenvalue weighted by molar-refractivity contribution is 1.08. The molecule has 1 aromatic heterocycles. The predicted molar refractivity (Wildman–Crippen MR) is 33.7 cm³/mol. The van der Waals surface area contributed by atoms with Gasteiger partial charge in [-0.05, 0) is 0 Å². The van der Waals surface area contributed by atoms with Gasteiger partial charge in [-0.25, -0.2) is 5.43 Å². The van der Waals surface area contributed by atoms with E-state index in [0.29, 0.717) is 10.3 Å². The van der Waals surface area contributed by atoms with Crippen LogP contribution in [0, 0.1) is 4.91 Å². The maximum absolute atomic E-state index is 9.52. The van der Waals surface area contributed by atoms with Gasteiger partial charge in [0, 0.05) is 0 Å². The minimum Gasteiger partial charge on any atom is -0.374 e. The molecule has 1 aromatic rings. The molecule has 0 aliphatic carbocycles. The van der Waals surface area contributed by atoms with Gasteiger partial charge in [0.25, 0.3) is 0 Å². The van der Waals surface area contributed by atoms with Crippen LogP contribution in [-0.2, 0) is 0 Å². The Labute approximate surface area is 54.0 Å². The molecule has 0 spiro atoms. The molecule has 1 rings (SSSR count). The summed E-state index contributed by atoms with van der Waals surface area (Å²) in [6, 6.07) is 0. The fraction of sp³-hybridized carbons (Fsp3) is 0. The average Bonchev–Trinajstić information content (AvgIpc) is 2.17. The zero-order valence-corrected chi connectivity index (χ0v) is 5.05. The summed E-state index contributed by atoms with van der Waals surface area (Å²) in [5.41, 5.74) is 7.23. The van der Waals surface area contributed by atoms with Crippen molar-refractivity contribution in [1.82, 2.24) is 10.2 Å². The summed E-state index contributed by atoms with van der Waals surface area (Å²) in [7, 11) is 0. The highest BCUT2D eigenvalue weighted by atomic mass is 32.1. The molecule has 0 aliphatic heterocycles. The third kappa shape index (κ3) is 1.32. The number of nitrogens with two attached hydrogens (primary N) is 1. The molecule has 9 heavy (non-hydrogen) atoms. The van der Waals surface area contributed by atoms with Crippen molar-refractivity contribution < 1.29 is 0 Å². The zero-order valence-electron chi connectivity index (χ0n) is 4.24. The van der Waals surface area contributed by atoms with Crippen LogP contribution in [0.5, 0.6) is 0 Å². The number of rotatable bonds is 2. The minimum atomic E-state index is 0.307. The molecule has 3 N–H and O–H groups in total. The zero-order chi connectivity index (χ0) is 6.69. The van der Waals surface area contributed by atoms with Crippen LogP contribution in [0.3, 0.4) is 0 Å². The molecule has 0 bridgehead atoms. The van der Waals surface area contributed by atoms with Gasteiger partial charge >= 0.3 is 0 Å². The van der Waals surface area contributed by atoms with E-state index < -0.39 is 0 Å². The van der Waals surface area contributed by atoms with Gasteiger partial charge in [0.05, 0.1) is 5.29 Å². The van der Waals surface area contributed by atoms with Crippen LogP contribution in [0.4, 0.5) is 10.3 Å². The molecule has 0 atom stereocenters. The fourth-order valence-electron chi connectivity index (χ4n) is 0.319. The van der Waals surface area contributed by atoms with Crippen LogP contribution in [0.25, 0.3) is 0 Å². The Morgan fingerprint density at radius 1 is 1.67 bits per heavy atom. The van der Waals surface area contributed by atoms with Crippen LogP contribution >= 0.6 is 11.3 Å². The highest BCUT2D eigenvalue weighted by Gasteiger charge is 1.96. The Balaban J connectivity index is 2.72. The van der Waals surface area contributed by atoms with E-state index in [0.717, 1.165) is 11.3 Å². The molecule has 0 saturated heterocycles. The van der Waals surface area contributed by atoms with Gasteiger partial charge in [0.2, 0.25) is 10.3 Å². The molecule has 0 saturated carbocycles. The highest BCUT2D eigenvalue weighted by molar-refractivity contribution is 7.18. The number of nitroso groups, excluding NO2 is 1. The number of nitrogen functional groups attached to an aromatic ring is 1. The van der Waals surface area contributed by atoms with E-state index in [-0.39, 0.29) is 0 Å². The number of nitrogens with zero attached hydrogens (tertiary/aromatic N) is 3. The minimum absolute atomic E-state index is 0.307. The van der Waals surface area contributed by atoms with Crippen molar-refractivity contribution in [1.29, 1.82) is 0 Å². The highest BCUT2D eigenvalue weighted by Crippen LogP contribution is 2.15. The third-order valence-corrected chi connectivity index (χ3v) is 1.24. The van der Waals surface area contributed by atoms with Gasteiger partial charge in [0.1, 0.15) is 0 Å². The van der Waals surface area contributed by atoms with Crippen LogP contribution in [-0.4, -0.2) is 10.2 Å². The Morgan fingerprint density at radius 3 is 2.89 bits per heavy atom. The van der Waals surface area contributed by atoms with E-state index >= 15 is 0 Å². The number of hydrogen-bond donors (Lipinski definition) is 2. The summed E-state index contributed by atoms with van der Waals surface area (Å²) >= 11 is 1.06. The quantitative estimate of drug-likeness (QED) is 0.458. The molecule has 0 amide bonds. The molecule has 0 fully saturated rings. The second-order valence-electron chi connectivity index (χ2n) is 1.15. The van der Waals surface area contributed by atoms with Crippen molar-refractivity contribution >= 4 is 21.6 Å². The molecule has 0 aromatic carbocycles. The van der Waals surface area contributed by atoms with Crippen molar-refractivity contribution in [3.63, 3.8) is 0 Å². The van der Waals surface area contributed by atoms with Crippen molar-refractivity contribution in [3.8, 4) is 0 Å². The summed E-state index contributed by atoms with van der Waals surface area (Å²) in [5.74, 6) is 0. The van der Waals surface area contributed by atoms with Crippen LogP contribution in [0.1, 0.15) is 0 Å². The number of nitrogens with one attached hydrogen (secondary N) is 1. The van der Waals surface area contributed by atoms with Gasteiger partial charge in [-0.15, -0.1) is 15.1 Å². The van der Waals surface area contributed by atoms with E-state index in [1.807, 2.05) is 0 Å². The van der Waals surface area contributed by atoms with Gasteiger partial charge in [-0.2, -0.15) is 0 Å². The fourth-order valence-corrected chi connectivity index (χ4v) is 0.763. The maximum Gasteiger partial charge on any atom is 0.230 e. The van der Waals surface area contributed by atoms with E-state index in [4.69, 9.17) is 5.73 Å². The van der Waals surface area contributed by atoms with E-state index in [9.17, 15) is 4.91 Å². The largest absolute Gasteiger partial charge is 0.374 e. The molecular weight excluding hydrogens is 142 g/mol. The lowest BCUT2D eigenvalue weighted by Crippen LogP contribution is -1.83. The summed E-state index contributed by atoms with van der Waals surface area (Å²) < 4.78 is 0. The number of anilines is 2. The third-order valence-electron chi connectivity index (χ3n) is 0.582. The summed E-state index contributed by atoms with van der Waals surface area (Å²) in [6.07, 6.45) is 0. The van der Waals surface area contributed by atoms with E-state index in [1.54, 1.807) is 0 Å². The van der Waals surface area contributed by atoms with Crippen molar-refractivity contribution in [2.45, 2.75) is 0 Å². The first-order valence-corrected chi connectivity index (χ1v) is 2.82. The monoisotopic (exact) mass is 145 g/mol. The first-order valence-electron chi connectivity index (χ1n) is 2.00. The molecule has 0 aliphatic rings. The Morgan fingerprint density at radius 2 is 2.44 bits per heavy atom. The second kappa shape index (κ2) is 2.35. The van der Waals surface area contributed by atoms with Crippen molar-refractivity contribution in [3.05, 3.63) is 4.91 Å². The van der Waals surface area contributed by atoms with E-state index in [2.05, 4.69) is 20.9 Å². The summed E-state index contributed by atoms with van der Waals surface area (Å²) in [5, 5.41) is 9.85. The molecule has 6 nitrogen and oxygen atoms in total. The Kier molecular flexibility index (Phi) is 1.54. The second-order valence-corrected chi connectivity index (χ2v) is 2.16. The van der Waals surface area contributed by atoms with Crippen LogP contribution in [0.2, 0.25) is 0 Å². The normalized spacial score (nSPS) is 8.89. The SMILES string of the molecule is Nc1nnc(NN=O)s1. The molecular formula is C2H3N5OS. The standard InChI is InChI=1S/C2H3N5OS/c3-1-4-5-2(9-1)6-7-8/h(H2,3,4)(H,5,6,8). The Hall–Kier alpha value is -1.24. The van der Waals surface area contributed by atoms with Crippen LogP contribution < -0.4 is 11.2 Å². The summed E-state index contributed by atoms with van der Waals surface area (Å²) in [4.78, 5) is 9.52. The molecule has 0 radical (unpaired) electrons. The average molecular weight is 145 g/mol. The first kappa shape index (κ1) is 5.89. The smallest absolute Gasteiger partial charge is 0.230 e. The lowest BCUT2D eigenvalue weighted by atomic mass is 11.3. The first-order chi connectivity index (χ1) is 4.33. The van der Waals surface area contributed by atoms with E-state index in [1.165, 1.54) is 0 Å². The molecule has 48 valence electrons. The number of aromatic nitrogens is 2. The Bertz CT molecular complexity index is 208. The van der Waals surface area contributed by atoms with Gasteiger partial charge in [-0.1, -0.05) is 11.3 Å². The van der Waals surface area contributed by atoms with Crippen molar-refractivity contribution in [2.24, 2.45) is 5.29 Å². The molecule has 0 unspecified atom stereocenters. The topological polar surface area (TPSA) is 93.3 Å². The molecule has 7 heteroatoms. The maximum atomic E-state index is 9.52. The van der Waals surface area contributed by atoms with Crippen LogP contribution in [0.15, 0.2) is 5.29 Å². The van der Waals surface area contributed by atoms with Gasteiger partial charge < -0.3 is 5.73 Å². The van der Waals surface area contributed by atoms with Gasteiger partial charge in [0.15, 0.2) is 0 Å². The molecule has 1 heterocycles.